The van der Waals surface area contributed by atoms with Gasteiger partial charge < -0.3 is 19.5 Å². The fourth-order valence-electron chi connectivity index (χ4n) is 3.20. The van der Waals surface area contributed by atoms with Crippen molar-refractivity contribution in [3.05, 3.63) is 65.5 Å². The van der Waals surface area contributed by atoms with Gasteiger partial charge in [-0.25, -0.2) is 4.68 Å². The fraction of sp³-hybridized carbons (Fsp3) is 0.286. The largest absolute Gasteiger partial charge is 0.497 e. The topological polar surface area (TPSA) is 87.5 Å². The average molecular weight is 394 g/mol. The Labute approximate surface area is 168 Å². The summed E-state index contributed by atoms with van der Waals surface area (Å²) in [5, 5.41) is 11.1. The molecular weight excluding hydrogens is 372 g/mol. The van der Waals surface area contributed by atoms with Crippen LogP contribution in [0.4, 0.5) is 5.69 Å². The van der Waals surface area contributed by atoms with E-state index in [1.807, 2.05) is 43.3 Å². The van der Waals surface area contributed by atoms with Crippen LogP contribution in [0.5, 0.6) is 11.5 Å². The van der Waals surface area contributed by atoms with Gasteiger partial charge in [-0.2, -0.15) is 0 Å². The van der Waals surface area contributed by atoms with Crippen LogP contribution in [0.15, 0.2) is 48.5 Å². The Morgan fingerprint density at radius 2 is 1.90 bits per heavy atom. The lowest BCUT2D eigenvalue weighted by Crippen LogP contribution is -2.24. The predicted molar refractivity (Wildman–Crippen MR) is 106 cm³/mol. The molecular formula is C21H22N4O4. The highest BCUT2D eigenvalue weighted by atomic mass is 16.5. The molecule has 0 aliphatic carbocycles. The third-order valence-electron chi connectivity index (χ3n) is 4.72. The Hall–Kier alpha value is -3.39. The monoisotopic (exact) mass is 394 g/mol. The zero-order valence-corrected chi connectivity index (χ0v) is 16.3. The molecule has 0 spiro atoms. The maximum Gasteiger partial charge on any atom is 0.278 e. The average Bonchev–Trinajstić information content (AvgIpc) is 3.19. The summed E-state index contributed by atoms with van der Waals surface area (Å²) in [6.45, 7) is 3.27. The van der Waals surface area contributed by atoms with Gasteiger partial charge in [0.2, 0.25) is 0 Å². The van der Waals surface area contributed by atoms with Gasteiger partial charge in [-0.3, -0.25) is 4.79 Å². The normalized spacial score (nSPS) is 15.4. The standard InChI is InChI=1S/C21H22N4O4/c1-3-28-17-10-6-15(7-11-17)22-21(26)20-18-13-29-19(12-25(18)24-23-20)14-4-8-16(27-2)9-5-14/h4-11,19H,3,12-13H2,1-2H3,(H,22,26). The van der Waals surface area contributed by atoms with E-state index in [0.29, 0.717) is 24.5 Å². The van der Waals surface area contributed by atoms with E-state index in [-0.39, 0.29) is 24.3 Å². The van der Waals surface area contributed by atoms with E-state index >= 15 is 0 Å². The number of nitrogens with one attached hydrogen (secondary N) is 1. The number of benzene rings is 2. The van der Waals surface area contributed by atoms with Crippen LogP contribution in [-0.4, -0.2) is 34.6 Å². The van der Waals surface area contributed by atoms with Crippen molar-refractivity contribution in [2.75, 3.05) is 19.0 Å². The predicted octanol–water partition coefficient (Wildman–Crippen LogP) is 3.21. The minimum Gasteiger partial charge on any atom is -0.497 e. The molecule has 8 nitrogen and oxygen atoms in total. The molecule has 1 aromatic heterocycles. The summed E-state index contributed by atoms with van der Waals surface area (Å²) in [4.78, 5) is 12.7. The summed E-state index contributed by atoms with van der Waals surface area (Å²) in [6.07, 6.45) is -0.155. The molecule has 2 aromatic carbocycles. The maximum absolute atomic E-state index is 12.7. The molecule has 1 aliphatic rings. The molecule has 150 valence electrons. The van der Waals surface area contributed by atoms with Crippen molar-refractivity contribution in [3.63, 3.8) is 0 Å². The third kappa shape index (κ3) is 4.07. The number of amides is 1. The molecule has 0 fully saturated rings. The van der Waals surface area contributed by atoms with Crippen LogP contribution >= 0.6 is 0 Å². The number of nitrogens with zero attached hydrogens (tertiary/aromatic N) is 3. The van der Waals surface area contributed by atoms with Gasteiger partial charge in [0.1, 0.15) is 17.6 Å². The molecule has 0 bridgehead atoms. The van der Waals surface area contributed by atoms with Crippen LogP contribution in [0.2, 0.25) is 0 Å². The maximum atomic E-state index is 12.7. The van der Waals surface area contributed by atoms with Crippen LogP contribution in [-0.2, 0) is 17.9 Å². The van der Waals surface area contributed by atoms with Crippen molar-refractivity contribution >= 4 is 11.6 Å². The lowest BCUT2D eigenvalue weighted by Gasteiger charge is -2.24. The molecule has 0 saturated carbocycles. The van der Waals surface area contributed by atoms with E-state index in [1.165, 1.54) is 0 Å². The van der Waals surface area contributed by atoms with Crippen molar-refractivity contribution in [2.24, 2.45) is 0 Å². The number of anilines is 1. The van der Waals surface area contributed by atoms with Crippen LogP contribution in [0.3, 0.4) is 0 Å². The van der Waals surface area contributed by atoms with Gasteiger partial charge in [0.15, 0.2) is 5.69 Å². The van der Waals surface area contributed by atoms with E-state index in [9.17, 15) is 4.79 Å². The zero-order chi connectivity index (χ0) is 20.2. The van der Waals surface area contributed by atoms with Crippen molar-refractivity contribution in [1.29, 1.82) is 0 Å². The first-order valence-corrected chi connectivity index (χ1v) is 9.40. The quantitative estimate of drug-likeness (QED) is 0.691. The van der Waals surface area contributed by atoms with Gasteiger partial charge in [-0.1, -0.05) is 17.3 Å². The van der Waals surface area contributed by atoms with Crippen LogP contribution in [0.1, 0.15) is 34.8 Å². The van der Waals surface area contributed by atoms with Gasteiger partial charge in [0.05, 0.1) is 32.6 Å². The third-order valence-corrected chi connectivity index (χ3v) is 4.72. The number of aromatic nitrogens is 3. The fourth-order valence-corrected chi connectivity index (χ4v) is 3.20. The number of ether oxygens (including phenoxy) is 3. The highest BCUT2D eigenvalue weighted by Crippen LogP contribution is 2.28. The first-order valence-electron chi connectivity index (χ1n) is 9.40. The second-order valence-corrected chi connectivity index (χ2v) is 6.55. The molecule has 29 heavy (non-hydrogen) atoms. The lowest BCUT2D eigenvalue weighted by atomic mass is 10.1. The Kier molecular flexibility index (Phi) is 5.44. The lowest BCUT2D eigenvalue weighted by molar-refractivity contribution is -0.00173. The molecule has 1 aliphatic heterocycles. The van der Waals surface area contributed by atoms with Gasteiger partial charge in [0.25, 0.3) is 5.91 Å². The summed E-state index contributed by atoms with van der Waals surface area (Å²) in [5.74, 6) is 1.23. The second-order valence-electron chi connectivity index (χ2n) is 6.55. The number of hydrogen-bond acceptors (Lipinski definition) is 6. The van der Waals surface area contributed by atoms with E-state index in [0.717, 1.165) is 17.1 Å². The van der Waals surface area contributed by atoms with E-state index in [2.05, 4.69) is 15.6 Å². The molecule has 1 N–H and O–H groups in total. The molecule has 1 amide bonds. The van der Waals surface area contributed by atoms with Gasteiger partial charge in [0, 0.05) is 5.69 Å². The highest BCUT2D eigenvalue weighted by molar-refractivity contribution is 6.03. The van der Waals surface area contributed by atoms with Crippen molar-refractivity contribution in [2.45, 2.75) is 26.2 Å². The molecule has 1 atom stereocenters. The van der Waals surface area contributed by atoms with Crippen LogP contribution < -0.4 is 14.8 Å². The molecule has 4 rings (SSSR count). The Morgan fingerprint density at radius 3 is 2.59 bits per heavy atom. The van der Waals surface area contributed by atoms with Crippen molar-refractivity contribution in [3.8, 4) is 11.5 Å². The summed E-state index contributed by atoms with van der Waals surface area (Å²) in [7, 11) is 1.63. The number of hydrogen-bond donors (Lipinski definition) is 1. The number of rotatable bonds is 6. The minimum absolute atomic E-state index is 0.155. The molecule has 1 unspecified atom stereocenters. The first kappa shape index (κ1) is 18.9. The van der Waals surface area contributed by atoms with Gasteiger partial charge >= 0.3 is 0 Å². The van der Waals surface area contributed by atoms with Gasteiger partial charge in [-0.05, 0) is 48.9 Å². The molecule has 3 aromatic rings. The number of carbonyl (C=O) groups is 1. The summed E-state index contributed by atoms with van der Waals surface area (Å²) < 4.78 is 18.3. The smallest absolute Gasteiger partial charge is 0.278 e. The molecule has 0 radical (unpaired) electrons. The van der Waals surface area contributed by atoms with Gasteiger partial charge in [-0.15, -0.1) is 5.10 Å². The second kappa shape index (κ2) is 8.32. The first-order chi connectivity index (χ1) is 14.2. The molecule has 0 saturated heterocycles. The minimum atomic E-state index is -0.318. The summed E-state index contributed by atoms with van der Waals surface area (Å²) in [6, 6.07) is 14.9. The summed E-state index contributed by atoms with van der Waals surface area (Å²) >= 11 is 0. The Morgan fingerprint density at radius 1 is 1.17 bits per heavy atom. The Bertz CT molecular complexity index is 983. The van der Waals surface area contributed by atoms with E-state index < -0.39 is 0 Å². The SMILES string of the molecule is CCOc1ccc(NC(=O)c2nnn3c2COC(c2ccc(OC)cc2)C3)cc1. The van der Waals surface area contributed by atoms with E-state index in [4.69, 9.17) is 14.2 Å². The zero-order valence-electron chi connectivity index (χ0n) is 16.3. The Balaban J connectivity index is 1.45. The number of methoxy groups -OCH3 is 1. The van der Waals surface area contributed by atoms with Crippen LogP contribution in [0.25, 0.3) is 0 Å². The number of fused-ring (bicyclic) bond motifs is 1. The van der Waals surface area contributed by atoms with Crippen molar-refractivity contribution < 1.29 is 19.0 Å². The summed E-state index contributed by atoms with van der Waals surface area (Å²) in [5.41, 5.74) is 2.62. The van der Waals surface area contributed by atoms with E-state index in [1.54, 1.807) is 23.9 Å². The molecule has 8 heteroatoms. The van der Waals surface area contributed by atoms with Crippen molar-refractivity contribution in [1.82, 2.24) is 15.0 Å². The molecule has 2 heterocycles. The van der Waals surface area contributed by atoms with Crippen LogP contribution in [0, 0.1) is 0 Å². The highest BCUT2D eigenvalue weighted by Gasteiger charge is 2.27. The number of carbonyl (C=O) groups excluding carboxylic acids is 1.